The first kappa shape index (κ1) is 11.6. The third-order valence-electron chi connectivity index (χ3n) is 1.06. The highest BCUT2D eigenvalue weighted by atomic mass is 33.1. The minimum atomic E-state index is -0.699. The van der Waals surface area contributed by atoms with E-state index in [1.54, 1.807) is 27.8 Å². The van der Waals surface area contributed by atoms with E-state index >= 15 is 0 Å². The molecule has 0 bridgehead atoms. The molecule has 0 aliphatic carbocycles. The van der Waals surface area contributed by atoms with E-state index in [0.29, 0.717) is 0 Å². The Bertz CT molecular complexity index is 145. The normalized spacial score (nSPS) is 17.0. The molecule has 11 heavy (non-hydrogen) atoms. The van der Waals surface area contributed by atoms with Crippen LogP contribution in [0, 0.1) is 0 Å². The van der Waals surface area contributed by atoms with Crippen LogP contribution in [0.5, 0.6) is 0 Å². The summed E-state index contributed by atoms with van der Waals surface area (Å²) in [5.41, 5.74) is 0. The molecule has 0 aliphatic rings. The maximum atomic E-state index is 11.0. The lowest BCUT2D eigenvalue weighted by molar-refractivity contribution is 0.683. The van der Waals surface area contributed by atoms with Crippen molar-refractivity contribution in [3.63, 3.8) is 0 Å². The van der Waals surface area contributed by atoms with Gasteiger partial charge in [-0.15, -0.1) is 0 Å². The molecule has 0 radical (unpaired) electrons. The van der Waals surface area contributed by atoms with E-state index in [1.165, 1.54) is 0 Å². The third kappa shape index (κ3) is 5.82. The van der Waals surface area contributed by atoms with Gasteiger partial charge < -0.3 is 0 Å². The molecule has 0 aromatic carbocycles. The number of allylic oxidation sites excluding steroid dienone is 1. The van der Waals surface area contributed by atoms with E-state index in [2.05, 4.69) is 6.92 Å². The molecule has 0 amide bonds. The van der Waals surface area contributed by atoms with E-state index in [9.17, 15) is 4.21 Å². The predicted octanol–water partition coefficient (Wildman–Crippen LogP) is 3.02. The summed E-state index contributed by atoms with van der Waals surface area (Å²) in [6.07, 6.45) is 4.72. The van der Waals surface area contributed by atoms with Crippen LogP contribution in [-0.4, -0.2) is 15.0 Å². The van der Waals surface area contributed by atoms with Crippen LogP contribution >= 0.6 is 21.6 Å². The van der Waals surface area contributed by atoms with Crippen LogP contribution in [0.2, 0.25) is 0 Å². The third-order valence-corrected chi connectivity index (χ3v) is 6.00. The first-order chi connectivity index (χ1) is 5.22. The Balaban J connectivity index is 3.61. The first-order valence-electron chi connectivity index (χ1n) is 3.47. The Morgan fingerprint density at radius 1 is 1.64 bits per heavy atom. The summed E-state index contributed by atoms with van der Waals surface area (Å²) >= 11 is 0. The van der Waals surface area contributed by atoms with Crippen LogP contribution in [0.25, 0.3) is 0 Å². The van der Waals surface area contributed by atoms with Gasteiger partial charge in [-0.25, -0.2) is 0 Å². The zero-order valence-electron chi connectivity index (χ0n) is 7.07. The Morgan fingerprint density at radius 2 is 2.27 bits per heavy atom. The van der Waals surface area contributed by atoms with Gasteiger partial charge in [0.1, 0.15) is 0 Å². The summed E-state index contributed by atoms with van der Waals surface area (Å²) in [7, 11) is 2.64. The lowest BCUT2D eigenvalue weighted by atomic mass is 10.6. The first-order valence-corrected chi connectivity index (χ1v) is 7.37. The van der Waals surface area contributed by atoms with Gasteiger partial charge in [-0.2, -0.15) is 0 Å². The van der Waals surface area contributed by atoms with Crippen molar-refractivity contribution in [2.45, 2.75) is 24.9 Å². The topological polar surface area (TPSA) is 17.1 Å². The summed E-state index contributed by atoms with van der Waals surface area (Å²) in [5, 5.41) is 2.01. The Labute approximate surface area is 79.3 Å². The maximum Gasteiger partial charge on any atom is 0.0902 e. The van der Waals surface area contributed by atoms with Crippen molar-refractivity contribution in [1.29, 1.82) is 0 Å². The van der Waals surface area contributed by atoms with Gasteiger partial charge in [0.2, 0.25) is 0 Å². The Morgan fingerprint density at radius 3 is 2.64 bits per heavy atom. The van der Waals surface area contributed by atoms with Gasteiger partial charge in [0.05, 0.1) is 4.58 Å². The second kappa shape index (κ2) is 7.25. The monoisotopic (exact) mass is 210 g/mol. The molecule has 2 atom stereocenters. The van der Waals surface area contributed by atoms with Gasteiger partial charge in [0.25, 0.3) is 0 Å². The van der Waals surface area contributed by atoms with E-state index in [1.807, 2.05) is 18.4 Å². The molecule has 0 saturated heterocycles. The van der Waals surface area contributed by atoms with Crippen LogP contribution in [-0.2, 0) is 10.8 Å². The molecular formula is C7H14OS3. The molecule has 4 heteroatoms. The fourth-order valence-corrected chi connectivity index (χ4v) is 4.56. The van der Waals surface area contributed by atoms with Gasteiger partial charge >= 0.3 is 0 Å². The van der Waals surface area contributed by atoms with Gasteiger partial charge in [-0.3, -0.25) is 4.21 Å². The van der Waals surface area contributed by atoms with Crippen LogP contribution in [0.15, 0.2) is 11.5 Å². The minimum absolute atomic E-state index is 0.274. The standard InChI is InChI=1S/C7H14OS3/c1-4-6-9-10-7(5-2)11(3)8/h4,6-7H,5H2,1-3H3/b6-4-/t7-,11-/m1/s1. The second-order valence-electron chi connectivity index (χ2n) is 2.00. The quantitative estimate of drug-likeness (QED) is 0.649. The molecule has 0 fully saturated rings. The summed E-state index contributed by atoms with van der Waals surface area (Å²) < 4.78 is 11.3. The van der Waals surface area contributed by atoms with Crippen molar-refractivity contribution in [2.75, 3.05) is 6.26 Å². The molecule has 0 aliphatic heterocycles. The van der Waals surface area contributed by atoms with Crippen molar-refractivity contribution in [2.24, 2.45) is 0 Å². The van der Waals surface area contributed by atoms with Crippen LogP contribution in [0.4, 0.5) is 0 Å². The van der Waals surface area contributed by atoms with E-state index < -0.39 is 10.8 Å². The van der Waals surface area contributed by atoms with E-state index in [0.717, 1.165) is 6.42 Å². The fourth-order valence-electron chi connectivity index (χ4n) is 0.508. The van der Waals surface area contributed by atoms with E-state index in [-0.39, 0.29) is 4.58 Å². The lowest BCUT2D eigenvalue weighted by Gasteiger charge is -2.07. The van der Waals surface area contributed by atoms with Gasteiger partial charge in [0, 0.05) is 17.1 Å². The molecule has 0 heterocycles. The highest BCUT2D eigenvalue weighted by Gasteiger charge is 2.09. The van der Waals surface area contributed by atoms with Crippen molar-refractivity contribution >= 4 is 32.4 Å². The summed E-state index contributed by atoms with van der Waals surface area (Å²) in [6, 6.07) is 0. The van der Waals surface area contributed by atoms with Gasteiger partial charge in [-0.1, -0.05) is 34.6 Å². The van der Waals surface area contributed by atoms with Crippen LogP contribution in [0.3, 0.4) is 0 Å². The molecule has 0 aromatic rings. The molecule has 0 aromatic heterocycles. The molecule has 66 valence electrons. The Hall–Kier alpha value is 0.590. The maximum absolute atomic E-state index is 11.0. The predicted molar refractivity (Wildman–Crippen MR) is 58.1 cm³/mol. The number of hydrogen-bond acceptors (Lipinski definition) is 3. The summed E-state index contributed by atoms with van der Waals surface area (Å²) in [6.45, 7) is 4.05. The fraction of sp³-hybridized carbons (Fsp3) is 0.714. The average molecular weight is 210 g/mol. The second-order valence-corrected chi connectivity index (χ2v) is 6.24. The molecule has 0 saturated carbocycles. The van der Waals surface area contributed by atoms with Gasteiger partial charge in [0.15, 0.2) is 0 Å². The molecular weight excluding hydrogens is 196 g/mol. The average Bonchev–Trinajstić information content (AvgIpc) is 1.97. The zero-order valence-corrected chi connectivity index (χ0v) is 9.52. The minimum Gasteiger partial charge on any atom is -0.259 e. The molecule has 0 N–H and O–H groups in total. The molecule has 1 nitrogen and oxygen atoms in total. The largest absolute Gasteiger partial charge is 0.259 e. The molecule has 0 unspecified atom stereocenters. The van der Waals surface area contributed by atoms with E-state index in [4.69, 9.17) is 0 Å². The smallest absolute Gasteiger partial charge is 0.0902 e. The van der Waals surface area contributed by atoms with Gasteiger partial charge in [-0.05, 0) is 18.8 Å². The van der Waals surface area contributed by atoms with Crippen molar-refractivity contribution in [1.82, 2.24) is 0 Å². The molecule has 0 spiro atoms. The number of rotatable bonds is 5. The summed E-state index contributed by atoms with van der Waals surface area (Å²) in [5.74, 6) is 0. The lowest BCUT2D eigenvalue weighted by Crippen LogP contribution is -2.05. The van der Waals surface area contributed by atoms with Crippen molar-refractivity contribution < 1.29 is 4.21 Å². The highest BCUT2D eigenvalue weighted by Crippen LogP contribution is 2.30. The zero-order chi connectivity index (χ0) is 8.69. The summed E-state index contributed by atoms with van der Waals surface area (Å²) in [4.78, 5) is 0. The Kier molecular flexibility index (Phi) is 7.64. The van der Waals surface area contributed by atoms with Crippen molar-refractivity contribution in [3.8, 4) is 0 Å². The SMILES string of the molecule is C/C=C\SS[C@@H](CC)[S@@](C)=O. The van der Waals surface area contributed by atoms with Crippen LogP contribution in [0.1, 0.15) is 20.3 Å². The highest BCUT2D eigenvalue weighted by molar-refractivity contribution is 8.79. The number of hydrogen-bond donors (Lipinski definition) is 0. The van der Waals surface area contributed by atoms with Crippen LogP contribution < -0.4 is 0 Å². The van der Waals surface area contributed by atoms with Crippen molar-refractivity contribution in [3.05, 3.63) is 11.5 Å². The molecule has 0 rings (SSSR count).